The van der Waals surface area contributed by atoms with Crippen LogP contribution in [0.2, 0.25) is 0 Å². The molecule has 0 atom stereocenters. The van der Waals surface area contributed by atoms with E-state index in [-0.39, 0.29) is 5.41 Å². The van der Waals surface area contributed by atoms with E-state index in [4.69, 9.17) is 9.47 Å². The van der Waals surface area contributed by atoms with Crippen LogP contribution in [0.3, 0.4) is 0 Å². The third-order valence-electron chi connectivity index (χ3n) is 3.13. The molecule has 1 rings (SSSR count). The van der Waals surface area contributed by atoms with E-state index < -0.39 is 0 Å². The molecule has 114 valence electrons. The Hall–Kier alpha value is -1.22. The zero-order chi connectivity index (χ0) is 15.2. The van der Waals surface area contributed by atoms with Crippen molar-refractivity contribution >= 4 is 0 Å². The van der Waals surface area contributed by atoms with Gasteiger partial charge in [0.2, 0.25) is 0 Å². The second-order valence-corrected chi connectivity index (χ2v) is 6.42. The molecule has 0 unspecified atom stereocenters. The van der Waals surface area contributed by atoms with Gasteiger partial charge in [-0.25, -0.2) is 0 Å². The van der Waals surface area contributed by atoms with Gasteiger partial charge in [0, 0.05) is 11.6 Å². The number of hydrogen-bond acceptors (Lipinski definition) is 3. The summed E-state index contributed by atoms with van der Waals surface area (Å²) < 4.78 is 11.3. The molecule has 0 radical (unpaired) electrons. The van der Waals surface area contributed by atoms with Crippen LogP contribution < -0.4 is 14.8 Å². The number of hydrogen-bond donors (Lipinski definition) is 1. The largest absolute Gasteiger partial charge is 0.497 e. The minimum atomic E-state index is 0.0417. The van der Waals surface area contributed by atoms with Crippen LogP contribution in [-0.4, -0.2) is 26.3 Å². The van der Waals surface area contributed by atoms with Gasteiger partial charge < -0.3 is 14.8 Å². The average molecular weight is 279 g/mol. The SMILES string of the molecule is COc1ccc(OCCCNC(C)C)c(C(C)(C)C)c1. The standard InChI is InChI=1S/C17H29NO2/c1-13(2)18-10-7-11-20-16-9-8-14(19-6)12-15(16)17(3,4)5/h8-9,12-13,18H,7,10-11H2,1-6H3. The van der Waals surface area contributed by atoms with E-state index in [1.54, 1.807) is 7.11 Å². The molecule has 0 aliphatic carbocycles. The van der Waals surface area contributed by atoms with Crippen molar-refractivity contribution in [2.24, 2.45) is 0 Å². The van der Waals surface area contributed by atoms with Crippen molar-refractivity contribution in [3.05, 3.63) is 23.8 Å². The van der Waals surface area contributed by atoms with Crippen LogP contribution >= 0.6 is 0 Å². The number of methoxy groups -OCH3 is 1. The van der Waals surface area contributed by atoms with E-state index >= 15 is 0 Å². The first-order valence-corrected chi connectivity index (χ1v) is 7.39. The lowest BCUT2D eigenvalue weighted by molar-refractivity contribution is 0.297. The fraction of sp³-hybridized carbons (Fsp3) is 0.647. The van der Waals surface area contributed by atoms with Crippen LogP contribution in [0.15, 0.2) is 18.2 Å². The second-order valence-electron chi connectivity index (χ2n) is 6.42. The Labute approximate surface area is 123 Å². The smallest absolute Gasteiger partial charge is 0.123 e. The Morgan fingerprint density at radius 1 is 1.20 bits per heavy atom. The van der Waals surface area contributed by atoms with Crippen molar-refractivity contribution in [1.29, 1.82) is 0 Å². The van der Waals surface area contributed by atoms with E-state index in [1.165, 1.54) is 5.56 Å². The molecule has 0 saturated heterocycles. The van der Waals surface area contributed by atoms with Gasteiger partial charge in [-0.05, 0) is 36.6 Å². The van der Waals surface area contributed by atoms with Crippen LogP contribution in [0.25, 0.3) is 0 Å². The molecule has 0 amide bonds. The van der Waals surface area contributed by atoms with Crippen molar-refractivity contribution in [2.45, 2.75) is 52.5 Å². The Kier molecular flexibility index (Phi) is 6.34. The van der Waals surface area contributed by atoms with Crippen molar-refractivity contribution in [3.63, 3.8) is 0 Å². The van der Waals surface area contributed by atoms with Crippen molar-refractivity contribution in [1.82, 2.24) is 5.32 Å². The van der Waals surface area contributed by atoms with Crippen LogP contribution in [0.5, 0.6) is 11.5 Å². The lowest BCUT2D eigenvalue weighted by atomic mass is 9.86. The normalized spacial score (nSPS) is 11.8. The Bertz CT molecular complexity index is 408. The molecule has 0 saturated carbocycles. The molecule has 0 aliphatic rings. The highest BCUT2D eigenvalue weighted by Gasteiger charge is 2.19. The van der Waals surface area contributed by atoms with E-state index in [1.807, 2.05) is 12.1 Å². The van der Waals surface area contributed by atoms with Gasteiger partial charge in [-0.2, -0.15) is 0 Å². The molecule has 3 heteroatoms. The second kappa shape index (κ2) is 7.53. The van der Waals surface area contributed by atoms with Gasteiger partial charge in [-0.1, -0.05) is 34.6 Å². The molecule has 1 N–H and O–H groups in total. The predicted molar refractivity (Wildman–Crippen MR) is 84.9 cm³/mol. The van der Waals surface area contributed by atoms with Gasteiger partial charge in [0.1, 0.15) is 11.5 Å². The minimum absolute atomic E-state index is 0.0417. The zero-order valence-electron chi connectivity index (χ0n) is 13.7. The highest BCUT2D eigenvalue weighted by Crippen LogP contribution is 2.34. The lowest BCUT2D eigenvalue weighted by Gasteiger charge is -2.23. The first-order chi connectivity index (χ1) is 9.34. The predicted octanol–water partition coefficient (Wildman–Crippen LogP) is 3.76. The maximum Gasteiger partial charge on any atom is 0.123 e. The monoisotopic (exact) mass is 279 g/mol. The maximum atomic E-state index is 5.95. The van der Waals surface area contributed by atoms with Crippen LogP contribution in [0.1, 0.15) is 46.6 Å². The molecule has 20 heavy (non-hydrogen) atoms. The molecule has 0 aromatic heterocycles. The van der Waals surface area contributed by atoms with E-state index in [0.717, 1.165) is 31.1 Å². The maximum absolute atomic E-state index is 5.95. The molecule has 0 heterocycles. The highest BCUT2D eigenvalue weighted by atomic mass is 16.5. The molecule has 0 aliphatic heterocycles. The summed E-state index contributed by atoms with van der Waals surface area (Å²) in [5.41, 5.74) is 1.23. The third kappa shape index (κ3) is 5.41. The molecule has 0 fully saturated rings. The number of ether oxygens (including phenoxy) is 2. The summed E-state index contributed by atoms with van der Waals surface area (Å²) in [6.07, 6.45) is 1.01. The van der Waals surface area contributed by atoms with Gasteiger partial charge in [0.25, 0.3) is 0 Å². The van der Waals surface area contributed by atoms with Gasteiger partial charge in [0.05, 0.1) is 13.7 Å². The summed E-state index contributed by atoms with van der Waals surface area (Å²) in [6, 6.07) is 6.56. The molecule has 0 bridgehead atoms. The first-order valence-electron chi connectivity index (χ1n) is 7.39. The molecule has 1 aromatic carbocycles. The Balaban J connectivity index is 2.65. The van der Waals surface area contributed by atoms with Crippen molar-refractivity contribution in [2.75, 3.05) is 20.3 Å². The van der Waals surface area contributed by atoms with E-state index in [9.17, 15) is 0 Å². The van der Waals surface area contributed by atoms with Gasteiger partial charge in [-0.3, -0.25) is 0 Å². The summed E-state index contributed by atoms with van der Waals surface area (Å²) in [7, 11) is 1.69. The topological polar surface area (TPSA) is 30.5 Å². The highest BCUT2D eigenvalue weighted by molar-refractivity contribution is 5.44. The average Bonchev–Trinajstić information content (AvgIpc) is 2.37. The minimum Gasteiger partial charge on any atom is -0.497 e. The van der Waals surface area contributed by atoms with Crippen LogP contribution in [0, 0.1) is 0 Å². The Morgan fingerprint density at radius 3 is 2.45 bits per heavy atom. The van der Waals surface area contributed by atoms with E-state index in [0.29, 0.717) is 6.04 Å². The quantitative estimate of drug-likeness (QED) is 0.771. The number of nitrogens with one attached hydrogen (secondary N) is 1. The Morgan fingerprint density at radius 2 is 1.90 bits per heavy atom. The summed E-state index contributed by atoms with van der Waals surface area (Å²) in [4.78, 5) is 0. The van der Waals surface area contributed by atoms with Crippen LogP contribution in [-0.2, 0) is 5.41 Å². The van der Waals surface area contributed by atoms with Crippen molar-refractivity contribution < 1.29 is 9.47 Å². The van der Waals surface area contributed by atoms with Crippen molar-refractivity contribution in [3.8, 4) is 11.5 Å². The molecule has 3 nitrogen and oxygen atoms in total. The van der Waals surface area contributed by atoms with Gasteiger partial charge in [-0.15, -0.1) is 0 Å². The van der Waals surface area contributed by atoms with Gasteiger partial charge >= 0.3 is 0 Å². The van der Waals surface area contributed by atoms with Gasteiger partial charge in [0.15, 0.2) is 0 Å². The lowest BCUT2D eigenvalue weighted by Crippen LogP contribution is -2.25. The van der Waals surface area contributed by atoms with Crippen LogP contribution in [0.4, 0.5) is 0 Å². The summed E-state index contributed by atoms with van der Waals surface area (Å²) in [5.74, 6) is 1.84. The zero-order valence-corrected chi connectivity index (χ0v) is 13.7. The summed E-state index contributed by atoms with van der Waals surface area (Å²) in [6.45, 7) is 12.6. The number of benzene rings is 1. The fourth-order valence-corrected chi connectivity index (χ4v) is 1.99. The first kappa shape index (κ1) is 16.8. The summed E-state index contributed by atoms with van der Waals surface area (Å²) >= 11 is 0. The molecular weight excluding hydrogens is 250 g/mol. The molecule has 1 aromatic rings. The molecule has 0 spiro atoms. The fourth-order valence-electron chi connectivity index (χ4n) is 1.99. The summed E-state index contributed by atoms with van der Waals surface area (Å²) in [5, 5.41) is 3.39. The van der Waals surface area contributed by atoms with E-state index in [2.05, 4.69) is 46.0 Å². The molecular formula is C17H29NO2. The third-order valence-corrected chi connectivity index (χ3v) is 3.13. The number of rotatable bonds is 7.